The topological polar surface area (TPSA) is 44.8 Å². The third kappa shape index (κ3) is 4.90. The third-order valence-corrected chi connectivity index (χ3v) is 5.77. The molecule has 1 aromatic carbocycles. The molecule has 2 fully saturated rings. The van der Waals surface area contributed by atoms with E-state index in [1.807, 2.05) is 24.0 Å². The Hall–Kier alpha value is -1.30. The largest absolute Gasteiger partial charge is 0.381 e. The summed E-state index contributed by atoms with van der Waals surface area (Å²) in [4.78, 5) is 17.2. The van der Waals surface area contributed by atoms with E-state index in [-0.39, 0.29) is 18.1 Å². The molecular formula is C20H30ClN3O2. The second kappa shape index (κ2) is 9.58. The third-order valence-electron chi connectivity index (χ3n) is 5.52. The molecule has 6 heteroatoms. The van der Waals surface area contributed by atoms with Gasteiger partial charge in [0.15, 0.2) is 0 Å². The van der Waals surface area contributed by atoms with Gasteiger partial charge in [0, 0.05) is 37.4 Å². The van der Waals surface area contributed by atoms with E-state index >= 15 is 0 Å². The van der Waals surface area contributed by atoms with Crippen LogP contribution in [0.1, 0.15) is 44.2 Å². The second-order valence-electron chi connectivity index (χ2n) is 7.13. The molecule has 5 nitrogen and oxygen atoms in total. The lowest BCUT2D eigenvalue weighted by atomic mass is 10.1. The number of urea groups is 1. The molecule has 2 amide bonds. The number of nitrogens with zero attached hydrogens (tertiary/aromatic N) is 2. The molecule has 0 aromatic heterocycles. The van der Waals surface area contributed by atoms with Crippen molar-refractivity contribution < 1.29 is 9.53 Å². The van der Waals surface area contributed by atoms with Crippen molar-refractivity contribution in [2.75, 3.05) is 39.4 Å². The molecule has 2 saturated heterocycles. The summed E-state index contributed by atoms with van der Waals surface area (Å²) in [5.74, 6) is 0. The van der Waals surface area contributed by atoms with Crippen molar-refractivity contribution >= 4 is 17.6 Å². The molecule has 0 radical (unpaired) electrons. The Morgan fingerprint density at radius 2 is 1.92 bits per heavy atom. The van der Waals surface area contributed by atoms with E-state index in [1.165, 1.54) is 18.4 Å². The van der Waals surface area contributed by atoms with E-state index < -0.39 is 0 Å². The molecule has 26 heavy (non-hydrogen) atoms. The SMILES string of the molecule is CCN(C(=O)NCC(c1ccc(Cl)cc1)N1CCCC1)C1CCOCC1. The predicted octanol–water partition coefficient (Wildman–Crippen LogP) is 3.69. The smallest absolute Gasteiger partial charge is 0.317 e. The van der Waals surface area contributed by atoms with Gasteiger partial charge in [0.05, 0.1) is 6.04 Å². The number of rotatable bonds is 6. The van der Waals surface area contributed by atoms with Gasteiger partial charge in [-0.3, -0.25) is 4.90 Å². The minimum atomic E-state index is 0.0394. The highest BCUT2D eigenvalue weighted by Gasteiger charge is 2.27. The summed E-state index contributed by atoms with van der Waals surface area (Å²) in [6.07, 6.45) is 4.30. The van der Waals surface area contributed by atoms with Gasteiger partial charge in [0.1, 0.15) is 0 Å². The van der Waals surface area contributed by atoms with E-state index in [2.05, 4.69) is 22.3 Å². The van der Waals surface area contributed by atoms with Crippen LogP contribution in [0.2, 0.25) is 5.02 Å². The summed E-state index contributed by atoms with van der Waals surface area (Å²) >= 11 is 6.05. The van der Waals surface area contributed by atoms with Gasteiger partial charge in [0.2, 0.25) is 0 Å². The predicted molar refractivity (Wildman–Crippen MR) is 105 cm³/mol. The van der Waals surface area contributed by atoms with Crippen LogP contribution in [-0.4, -0.2) is 61.3 Å². The summed E-state index contributed by atoms with van der Waals surface area (Å²) in [6.45, 7) is 7.06. The molecule has 144 valence electrons. The van der Waals surface area contributed by atoms with Gasteiger partial charge >= 0.3 is 6.03 Å². The van der Waals surface area contributed by atoms with Crippen LogP contribution in [0.5, 0.6) is 0 Å². The van der Waals surface area contributed by atoms with Crippen molar-refractivity contribution in [1.29, 1.82) is 0 Å². The fraction of sp³-hybridized carbons (Fsp3) is 0.650. The molecule has 0 spiro atoms. The Bertz CT molecular complexity index is 569. The molecule has 2 aliphatic heterocycles. The average molecular weight is 380 g/mol. The van der Waals surface area contributed by atoms with Crippen molar-refractivity contribution in [3.05, 3.63) is 34.9 Å². The van der Waals surface area contributed by atoms with E-state index in [1.54, 1.807) is 0 Å². The number of hydrogen-bond donors (Lipinski definition) is 1. The van der Waals surface area contributed by atoms with Gasteiger partial charge in [-0.2, -0.15) is 0 Å². The van der Waals surface area contributed by atoms with Gasteiger partial charge in [-0.15, -0.1) is 0 Å². The zero-order valence-electron chi connectivity index (χ0n) is 15.6. The number of carbonyl (C=O) groups is 1. The fourth-order valence-electron chi connectivity index (χ4n) is 4.05. The summed E-state index contributed by atoms with van der Waals surface area (Å²) in [7, 11) is 0. The number of benzene rings is 1. The van der Waals surface area contributed by atoms with Crippen molar-refractivity contribution in [2.45, 2.75) is 44.7 Å². The zero-order chi connectivity index (χ0) is 18.4. The lowest BCUT2D eigenvalue weighted by Gasteiger charge is -2.35. The summed E-state index contributed by atoms with van der Waals surface area (Å²) in [6, 6.07) is 8.55. The van der Waals surface area contributed by atoms with Crippen LogP contribution in [-0.2, 0) is 4.74 Å². The van der Waals surface area contributed by atoms with E-state index in [9.17, 15) is 4.79 Å². The summed E-state index contributed by atoms with van der Waals surface area (Å²) in [5, 5.41) is 3.94. The van der Waals surface area contributed by atoms with Crippen molar-refractivity contribution in [1.82, 2.24) is 15.1 Å². The quantitative estimate of drug-likeness (QED) is 0.819. The van der Waals surface area contributed by atoms with Crippen molar-refractivity contribution in [2.24, 2.45) is 0 Å². The van der Waals surface area contributed by atoms with Gasteiger partial charge in [-0.05, 0) is 63.4 Å². The number of amides is 2. The Morgan fingerprint density at radius 3 is 2.54 bits per heavy atom. The molecule has 1 unspecified atom stereocenters. The minimum absolute atomic E-state index is 0.0394. The maximum Gasteiger partial charge on any atom is 0.317 e. The van der Waals surface area contributed by atoms with Crippen molar-refractivity contribution in [3.63, 3.8) is 0 Å². The number of hydrogen-bond acceptors (Lipinski definition) is 3. The van der Waals surface area contributed by atoms with Crippen LogP contribution in [0.25, 0.3) is 0 Å². The lowest BCUT2D eigenvalue weighted by Crippen LogP contribution is -2.49. The van der Waals surface area contributed by atoms with E-state index in [0.29, 0.717) is 6.54 Å². The van der Waals surface area contributed by atoms with Gasteiger partial charge < -0.3 is 15.0 Å². The molecule has 0 saturated carbocycles. The number of carbonyl (C=O) groups excluding carboxylic acids is 1. The molecule has 1 aromatic rings. The first-order chi connectivity index (χ1) is 12.7. The summed E-state index contributed by atoms with van der Waals surface area (Å²) in [5.41, 5.74) is 1.21. The molecule has 3 rings (SSSR count). The number of nitrogens with one attached hydrogen (secondary N) is 1. The van der Waals surface area contributed by atoms with Crippen LogP contribution in [0.3, 0.4) is 0 Å². The fourth-order valence-corrected chi connectivity index (χ4v) is 4.17. The first kappa shape index (κ1) is 19.5. The highest BCUT2D eigenvalue weighted by Crippen LogP contribution is 2.26. The highest BCUT2D eigenvalue weighted by molar-refractivity contribution is 6.30. The maximum atomic E-state index is 12.8. The first-order valence-electron chi connectivity index (χ1n) is 9.80. The first-order valence-corrected chi connectivity index (χ1v) is 10.2. The molecule has 2 aliphatic rings. The molecule has 1 atom stereocenters. The Balaban J connectivity index is 1.64. The minimum Gasteiger partial charge on any atom is -0.381 e. The monoisotopic (exact) mass is 379 g/mol. The van der Waals surface area contributed by atoms with Gasteiger partial charge in [-0.1, -0.05) is 23.7 Å². The van der Waals surface area contributed by atoms with Crippen LogP contribution in [0, 0.1) is 0 Å². The zero-order valence-corrected chi connectivity index (χ0v) is 16.4. The number of likely N-dealkylation sites (tertiary alicyclic amines) is 1. The molecule has 1 N–H and O–H groups in total. The van der Waals surface area contributed by atoms with Crippen LogP contribution < -0.4 is 5.32 Å². The van der Waals surface area contributed by atoms with Gasteiger partial charge in [-0.25, -0.2) is 4.79 Å². The summed E-state index contributed by atoms with van der Waals surface area (Å²) < 4.78 is 5.43. The Labute approximate surface area is 161 Å². The van der Waals surface area contributed by atoms with Crippen LogP contribution in [0.15, 0.2) is 24.3 Å². The normalized spacial score (nSPS) is 20.1. The average Bonchev–Trinajstić information content (AvgIpc) is 3.19. The van der Waals surface area contributed by atoms with Gasteiger partial charge in [0.25, 0.3) is 0 Å². The van der Waals surface area contributed by atoms with Crippen LogP contribution in [0.4, 0.5) is 4.79 Å². The highest BCUT2D eigenvalue weighted by atomic mass is 35.5. The Morgan fingerprint density at radius 1 is 1.27 bits per heavy atom. The van der Waals surface area contributed by atoms with E-state index in [4.69, 9.17) is 16.3 Å². The molecule has 0 bridgehead atoms. The number of halogens is 1. The number of ether oxygens (including phenoxy) is 1. The van der Waals surface area contributed by atoms with Crippen molar-refractivity contribution in [3.8, 4) is 0 Å². The van der Waals surface area contributed by atoms with Crippen LogP contribution >= 0.6 is 11.6 Å². The maximum absolute atomic E-state index is 12.8. The lowest BCUT2D eigenvalue weighted by molar-refractivity contribution is 0.0470. The second-order valence-corrected chi connectivity index (χ2v) is 7.56. The standard InChI is InChI=1S/C20H30ClN3O2/c1-2-24(18-9-13-26-14-10-18)20(25)22-15-19(23-11-3-4-12-23)16-5-7-17(21)8-6-16/h5-8,18-19H,2-4,9-15H2,1H3,(H,22,25). The molecular weight excluding hydrogens is 350 g/mol. The molecule has 0 aliphatic carbocycles. The Kier molecular flexibility index (Phi) is 7.17. The molecule has 2 heterocycles. The van der Waals surface area contributed by atoms with E-state index in [0.717, 1.165) is 50.7 Å².